The minimum Gasteiger partial charge on any atom is -0.382 e. The fourth-order valence-corrected chi connectivity index (χ4v) is 5.43. The van der Waals surface area contributed by atoms with Crippen molar-refractivity contribution in [1.82, 2.24) is 29.6 Å². The molecular formula is C23H25N7O. The molecule has 8 nitrogen and oxygen atoms in total. The first-order valence-electron chi connectivity index (χ1n) is 11.2. The number of ether oxygens (including phenoxy) is 1. The van der Waals surface area contributed by atoms with E-state index in [0.29, 0.717) is 11.9 Å². The molecule has 4 aromatic rings. The van der Waals surface area contributed by atoms with Crippen LogP contribution < -0.4 is 5.73 Å². The highest BCUT2D eigenvalue weighted by molar-refractivity contribution is 6.07. The summed E-state index contributed by atoms with van der Waals surface area (Å²) in [4.78, 5) is 12.2. The van der Waals surface area contributed by atoms with Gasteiger partial charge in [-0.25, -0.2) is 9.97 Å². The molecule has 8 heteroatoms. The number of aromatic amines is 1. The normalized spacial score (nSPS) is 20.8. The number of hydrogen-bond acceptors (Lipinski definition) is 6. The number of pyridine rings is 1. The van der Waals surface area contributed by atoms with Gasteiger partial charge in [0.05, 0.1) is 28.9 Å². The highest BCUT2D eigenvalue weighted by Gasteiger charge is 2.46. The number of fused-ring (bicyclic) bond motifs is 3. The van der Waals surface area contributed by atoms with Crippen LogP contribution in [0.25, 0.3) is 33.2 Å². The molecule has 31 heavy (non-hydrogen) atoms. The van der Waals surface area contributed by atoms with Crippen molar-refractivity contribution in [2.75, 3.05) is 25.4 Å². The van der Waals surface area contributed by atoms with Crippen LogP contribution in [-0.4, -0.2) is 54.9 Å². The molecule has 1 aliphatic carbocycles. The minimum atomic E-state index is 0.104. The quantitative estimate of drug-likeness (QED) is 0.531. The number of nitrogens with one attached hydrogen (secondary N) is 1. The van der Waals surface area contributed by atoms with Crippen LogP contribution in [0.4, 0.5) is 5.82 Å². The smallest absolute Gasteiger partial charge is 0.152 e. The molecule has 7 rings (SSSR count). The number of rotatable bonds is 4. The average Bonchev–Trinajstić information content (AvgIpc) is 3.16. The van der Waals surface area contributed by atoms with Gasteiger partial charge in [0.1, 0.15) is 11.3 Å². The molecule has 3 N–H and O–H groups in total. The van der Waals surface area contributed by atoms with Gasteiger partial charge in [-0.15, -0.1) is 0 Å². The van der Waals surface area contributed by atoms with Crippen molar-refractivity contribution in [1.29, 1.82) is 0 Å². The number of benzene rings is 1. The van der Waals surface area contributed by atoms with Gasteiger partial charge in [0.25, 0.3) is 0 Å². The highest BCUT2D eigenvalue weighted by Crippen LogP contribution is 2.43. The molecule has 1 spiro atoms. The number of likely N-dealkylation sites (tertiary alicyclic amines) is 1. The number of nitrogens with zero attached hydrogens (tertiary/aromatic N) is 5. The standard InChI is InChI=1S/C23H25N7O/c24-22-20-21(16-5-2-14(10-18(16)26-22)17-6-8-25-28-17)30(15-3-4-15)19(27-20)11-29-12-23(13-29)7-1-9-31-23/h2,5-6,8,10,15H,1,3-4,7,9,11-13H2,(H2,24,26)(H,25,28). The molecule has 0 atom stereocenters. The van der Waals surface area contributed by atoms with Crippen LogP contribution in [0.15, 0.2) is 30.5 Å². The molecule has 5 heterocycles. The Bertz CT molecular complexity index is 1290. The van der Waals surface area contributed by atoms with Crippen molar-refractivity contribution >= 4 is 27.8 Å². The van der Waals surface area contributed by atoms with Gasteiger partial charge < -0.3 is 15.0 Å². The Morgan fingerprint density at radius 1 is 1.19 bits per heavy atom. The van der Waals surface area contributed by atoms with Crippen molar-refractivity contribution in [3.05, 3.63) is 36.3 Å². The second kappa shape index (κ2) is 6.27. The molecule has 0 bridgehead atoms. The Hall–Kier alpha value is -2.97. The van der Waals surface area contributed by atoms with Crippen LogP contribution in [0.2, 0.25) is 0 Å². The Morgan fingerprint density at radius 3 is 2.84 bits per heavy atom. The van der Waals surface area contributed by atoms with Crippen LogP contribution in [0.1, 0.15) is 37.5 Å². The molecule has 3 fully saturated rings. The monoisotopic (exact) mass is 415 g/mol. The van der Waals surface area contributed by atoms with E-state index in [1.807, 2.05) is 6.07 Å². The molecule has 0 amide bonds. The topological polar surface area (TPSA) is 97.9 Å². The van der Waals surface area contributed by atoms with Gasteiger partial charge in [0, 0.05) is 42.9 Å². The maximum atomic E-state index is 6.42. The molecule has 3 aliphatic rings. The van der Waals surface area contributed by atoms with E-state index in [1.165, 1.54) is 25.7 Å². The first-order valence-corrected chi connectivity index (χ1v) is 11.2. The van der Waals surface area contributed by atoms with Gasteiger partial charge in [-0.3, -0.25) is 10.00 Å². The van der Waals surface area contributed by atoms with Crippen LogP contribution in [0, 0.1) is 0 Å². The van der Waals surface area contributed by atoms with Gasteiger partial charge >= 0.3 is 0 Å². The second-order valence-electron chi connectivity index (χ2n) is 9.31. The summed E-state index contributed by atoms with van der Waals surface area (Å²) >= 11 is 0. The third-order valence-corrected chi connectivity index (χ3v) is 7.02. The molecule has 1 aromatic carbocycles. The van der Waals surface area contributed by atoms with Gasteiger partial charge in [-0.05, 0) is 43.9 Å². The fourth-order valence-electron chi connectivity index (χ4n) is 5.43. The minimum absolute atomic E-state index is 0.104. The SMILES string of the molecule is Nc1nc2cc(-c3ccn[nH]3)ccc2c2c1nc(CN1CC3(CCCO3)C1)n2C1CC1. The van der Waals surface area contributed by atoms with Gasteiger partial charge in [-0.2, -0.15) is 5.10 Å². The Labute approximate surface area is 179 Å². The number of aromatic nitrogens is 5. The predicted molar refractivity (Wildman–Crippen MR) is 118 cm³/mol. The van der Waals surface area contributed by atoms with Gasteiger partial charge in [-0.1, -0.05) is 6.07 Å². The van der Waals surface area contributed by atoms with Crippen LogP contribution in [0.5, 0.6) is 0 Å². The Morgan fingerprint density at radius 2 is 2.10 bits per heavy atom. The van der Waals surface area contributed by atoms with Crippen LogP contribution >= 0.6 is 0 Å². The zero-order valence-electron chi connectivity index (χ0n) is 17.3. The molecule has 158 valence electrons. The van der Waals surface area contributed by atoms with E-state index in [4.69, 9.17) is 20.4 Å². The van der Waals surface area contributed by atoms with E-state index in [0.717, 1.165) is 65.3 Å². The molecule has 2 aliphatic heterocycles. The van der Waals surface area contributed by atoms with E-state index in [2.05, 4.69) is 37.9 Å². The highest BCUT2D eigenvalue weighted by atomic mass is 16.5. The summed E-state index contributed by atoms with van der Waals surface area (Å²) in [5.41, 5.74) is 11.4. The van der Waals surface area contributed by atoms with Crippen molar-refractivity contribution in [2.45, 2.75) is 43.9 Å². The summed E-state index contributed by atoms with van der Waals surface area (Å²) in [6.45, 7) is 3.75. The van der Waals surface area contributed by atoms with E-state index in [-0.39, 0.29) is 5.60 Å². The molecule has 2 saturated heterocycles. The summed E-state index contributed by atoms with van der Waals surface area (Å²) in [6.07, 6.45) is 6.52. The van der Waals surface area contributed by atoms with E-state index >= 15 is 0 Å². The van der Waals surface area contributed by atoms with E-state index < -0.39 is 0 Å². The maximum absolute atomic E-state index is 6.42. The lowest BCUT2D eigenvalue weighted by Crippen LogP contribution is -2.60. The van der Waals surface area contributed by atoms with Crippen LogP contribution in [-0.2, 0) is 11.3 Å². The maximum Gasteiger partial charge on any atom is 0.152 e. The predicted octanol–water partition coefficient (Wildman–Crippen LogP) is 3.26. The molecule has 3 aromatic heterocycles. The summed E-state index contributed by atoms with van der Waals surface area (Å²) in [6, 6.07) is 8.82. The van der Waals surface area contributed by atoms with Gasteiger partial charge in [0.2, 0.25) is 0 Å². The van der Waals surface area contributed by atoms with Crippen molar-refractivity contribution in [3.63, 3.8) is 0 Å². The first-order chi connectivity index (χ1) is 15.2. The van der Waals surface area contributed by atoms with Crippen molar-refractivity contribution in [3.8, 4) is 11.3 Å². The summed E-state index contributed by atoms with van der Waals surface area (Å²) in [7, 11) is 0. The number of imidazole rings is 1. The molecule has 0 radical (unpaired) electrons. The van der Waals surface area contributed by atoms with Crippen molar-refractivity contribution in [2.24, 2.45) is 0 Å². The summed E-state index contributed by atoms with van der Waals surface area (Å²) in [5, 5.41) is 8.20. The summed E-state index contributed by atoms with van der Waals surface area (Å²) in [5.74, 6) is 1.60. The van der Waals surface area contributed by atoms with E-state index in [9.17, 15) is 0 Å². The zero-order chi connectivity index (χ0) is 20.6. The lowest BCUT2D eigenvalue weighted by atomic mass is 9.91. The van der Waals surface area contributed by atoms with Crippen LogP contribution in [0.3, 0.4) is 0 Å². The fraction of sp³-hybridized carbons (Fsp3) is 0.435. The number of nitrogen functional groups attached to an aromatic ring is 1. The van der Waals surface area contributed by atoms with Crippen molar-refractivity contribution < 1.29 is 4.74 Å². The lowest BCUT2D eigenvalue weighted by molar-refractivity contribution is -0.115. The number of nitrogens with two attached hydrogens (primary N) is 1. The zero-order valence-corrected chi connectivity index (χ0v) is 17.3. The van der Waals surface area contributed by atoms with E-state index in [1.54, 1.807) is 6.20 Å². The lowest BCUT2D eigenvalue weighted by Gasteiger charge is -2.47. The Kier molecular flexibility index (Phi) is 3.58. The number of anilines is 1. The number of H-pyrrole nitrogens is 1. The third kappa shape index (κ3) is 2.71. The largest absolute Gasteiger partial charge is 0.382 e. The Balaban J connectivity index is 1.33. The first kappa shape index (κ1) is 17.7. The molecular weight excluding hydrogens is 390 g/mol. The summed E-state index contributed by atoms with van der Waals surface area (Å²) < 4.78 is 8.44. The number of hydrogen-bond donors (Lipinski definition) is 2. The molecule has 0 unspecified atom stereocenters. The van der Waals surface area contributed by atoms with Gasteiger partial charge in [0.15, 0.2) is 5.82 Å². The average molecular weight is 416 g/mol. The second-order valence-corrected chi connectivity index (χ2v) is 9.31. The third-order valence-electron chi connectivity index (χ3n) is 7.02. The molecule has 1 saturated carbocycles.